The highest BCUT2D eigenvalue weighted by molar-refractivity contribution is 5.96. The summed E-state index contributed by atoms with van der Waals surface area (Å²) in [7, 11) is 0. The summed E-state index contributed by atoms with van der Waals surface area (Å²) < 4.78 is 0. The SMILES string of the molecule is Cc1cc(C)cc(C(=O)N2CCN(C(=O)c3ccccc3)CC2)c1. The predicted molar refractivity (Wildman–Crippen MR) is 94.2 cm³/mol. The number of amides is 2. The lowest BCUT2D eigenvalue weighted by atomic mass is 10.1. The van der Waals surface area contributed by atoms with E-state index in [0.29, 0.717) is 31.7 Å². The van der Waals surface area contributed by atoms with E-state index in [1.165, 1.54) is 0 Å². The molecule has 0 bridgehead atoms. The van der Waals surface area contributed by atoms with Crippen molar-refractivity contribution in [2.75, 3.05) is 26.2 Å². The molecule has 1 fully saturated rings. The second kappa shape index (κ2) is 6.87. The lowest BCUT2D eigenvalue weighted by Crippen LogP contribution is -2.50. The van der Waals surface area contributed by atoms with Gasteiger partial charge in [-0.15, -0.1) is 0 Å². The third-order valence-electron chi connectivity index (χ3n) is 4.34. The van der Waals surface area contributed by atoms with Gasteiger partial charge >= 0.3 is 0 Å². The van der Waals surface area contributed by atoms with Crippen molar-refractivity contribution in [2.24, 2.45) is 0 Å². The molecule has 24 heavy (non-hydrogen) atoms. The quantitative estimate of drug-likeness (QED) is 0.853. The maximum absolute atomic E-state index is 12.7. The van der Waals surface area contributed by atoms with Crippen LogP contribution >= 0.6 is 0 Å². The van der Waals surface area contributed by atoms with Crippen LogP contribution in [0.4, 0.5) is 0 Å². The first kappa shape index (κ1) is 16.2. The third kappa shape index (κ3) is 3.48. The fraction of sp³-hybridized carbons (Fsp3) is 0.300. The molecule has 124 valence electrons. The van der Waals surface area contributed by atoms with Crippen LogP contribution in [0.5, 0.6) is 0 Å². The van der Waals surface area contributed by atoms with Crippen LogP contribution < -0.4 is 0 Å². The van der Waals surface area contributed by atoms with Gasteiger partial charge in [-0.3, -0.25) is 9.59 Å². The lowest BCUT2D eigenvalue weighted by Gasteiger charge is -2.35. The molecule has 0 spiro atoms. The predicted octanol–water partition coefficient (Wildman–Crippen LogP) is 2.90. The lowest BCUT2D eigenvalue weighted by molar-refractivity contribution is 0.0535. The number of aryl methyl sites for hydroxylation is 2. The summed E-state index contributed by atoms with van der Waals surface area (Å²) in [5.41, 5.74) is 3.62. The zero-order valence-electron chi connectivity index (χ0n) is 14.2. The molecule has 1 aliphatic rings. The summed E-state index contributed by atoms with van der Waals surface area (Å²) >= 11 is 0. The molecular formula is C20H22N2O2. The summed E-state index contributed by atoms with van der Waals surface area (Å²) in [5.74, 6) is 0.0858. The molecule has 0 N–H and O–H groups in total. The zero-order chi connectivity index (χ0) is 17.1. The standard InChI is InChI=1S/C20H22N2O2/c1-15-12-16(2)14-18(13-15)20(24)22-10-8-21(9-11-22)19(23)17-6-4-3-5-7-17/h3-7,12-14H,8-11H2,1-2H3. The number of carbonyl (C=O) groups is 2. The molecule has 1 heterocycles. The molecule has 2 aromatic rings. The number of hydrogen-bond donors (Lipinski definition) is 0. The van der Waals surface area contributed by atoms with Crippen LogP contribution in [0.3, 0.4) is 0 Å². The van der Waals surface area contributed by atoms with Gasteiger partial charge in [-0.1, -0.05) is 35.4 Å². The molecule has 0 radical (unpaired) electrons. The van der Waals surface area contributed by atoms with Gasteiger partial charge in [0.15, 0.2) is 0 Å². The smallest absolute Gasteiger partial charge is 0.253 e. The Hall–Kier alpha value is -2.62. The van der Waals surface area contributed by atoms with E-state index in [0.717, 1.165) is 16.7 Å². The maximum atomic E-state index is 12.7. The van der Waals surface area contributed by atoms with Gasteiger partial charge in [-0.2, -0.15) is 0 Å². The molecule has 1 aliphatic heterocycles. The monoisotopic (exact) mass is 322 g/mol. The van der Waals surface area contributed by atoms with Gasteiger partial charge < -0.3 is 9.80 Å². The largest absolute Gasteiger partial charge is 0.335 e. The summed E-state index contributed by atoms with van der Waals surface area (Å²) in [5, 5.41) is 0. The Balaban J connectivity index is 1.64. The van der Waals surface area contributed by atoms with Crippen molar-refractivity contribution in [1.29, 1.82) is 0 Å². The second-order valence-corrected chi connectivity index (χ2v) is 6.33. The zero-order valence-corrected chi connectivity index (χ0v) is 14.2. The average molecular weight is 322 g/mol. The number of benzene rings is 2. The molecule has 0 unspecified atom stereocenters. The fourth-order valence-electron chi connectivity index (χ4n) is 3.16. The van der Waals surface area contributed by atoms with E-state index in [-0.39, 0.29) is 11.8 Å². The molecule has 4 nitrogen and oxygen atoms in total. The van der Waals surface area contributed by atoms with Crippen molar-refractivity contribution >= 4 is 11.8 Å². The molecule has 4 heteroatoms. The second-order valence-electron chi connectivity index (χ2n) is 6.33. The molecule has 0 saturated carbocycles. The van der Waals surface area contributed by atoms with E-state index in [2.05, 4.69) is 6.07 Å². The Morgan fingerprint density at radius 2 is 1.17 bits per heavy atom. The van der Waals surface area contributed by atoms with Crippen molar-refractivity contribution in [2.45, 2.75) is 13.8 Å². The molecule has 2 aromatic carbocycles. The van der Waals surface area contributed by atoms with E-state index in [9.17, 15) is 9.59 Å². The Bertz CT molecular complexity index is 727. The number of piperazine rings is 1. The van der Waals surface area contributed by atoms with Gasteiger partial charge in [0.05, 0.1) is 0 Å². The van der Waals surface area contributed by atoms with E-state index >= 15 is 0 Å². The van der Waals surface area contributed by atoms with Crippen molar-refractivity contribution in [3.05, 3.63) is 70.8 Å². The van der Waals surface area contributed by atoms with E-state index in [1.807, 2.05) is 66.1 Å². The molecule has 1 saturated heterocycles. The minimum Gasteiger partial charge on any atom is -0.335 e. The van der Waals surface area contributed by atoms with E-state index in [4.69, 9.17) is 0 Å². The first-order chi connectivity index (χ1) is 11.5. The van der Waals surface area contributed by atoms with Gasteiger partial charge in [-0.05, 0) is 38.1 Å². The van der Waals surface area contributed by atoms with Crippen LogP contribution in [0.1, 0.15) is 31.8 Å². The fourth-order valence-corrected chi connectivity index (χ4v) is 3.16. The van der Waals surface area contributed by atoms with Gasteiger partial charge in [-0.25, -0.2) is 0 Å². The van der Waals surface area contributed by atoms with Gasteiger partial charge in [0.1, 0.15) is 0 Å². The summed E-state index contributed by atoms with van der Waals surface area (Å²) in [6, 6.07) is 15.2. The van der Waals surface area contributed by atoms with E-state index < -0.39 is 0 Å². The molecular weight excluding hydrogens is 300 g/mol. The van der Waals surface area contributed by atoms with Crippen LogP contribution in [-0.2, 0) is 0 Å². The highest BCUT2D eigenvalue weighted by Crippen LogP contribution is 2.14. The van der Waals surface area contributed by atoms with Gasteiger partial charge in [0.2, 0.25) is 0 Å². The first-order valence-corrected chi connectivity index (χ1v) is 8.26. The maximum Gasteiger partial charge on any atom is 0.253 e. The number of rotatable bonds is 2. The highest BCUT2D eigenvalue weighted by atomic mass is 16.2. The minimum atomic E-state index is 0.0362. The van der Waals surface area contributed by atoms with Crippen molar-refractivity contribution in [3.63, 3.8) is 0 Å². The summed E-state index contributed by atoms with van der Waals surface area (Å²) in [6.45, 7) is 6.30. The average Bonchev–Trinajstić information content (AvgIpc) is 2.60. The normalized spacial score (nSPS) is 14.6. The van der Waals surface area contributed by atoms with Crippen molar-refractivity contribution in [1.82, 2.24) is 9.80 Å². The van der Waals surface area contributed by atoms with Crippen molar-refractivity contribution in [3.8, 4) is 0 Å². The molecule has 0 aliphatic carbocycles. The number of hydrogen-bond acceptors (Lipinski definition) is 2. The highest BCUT2D eigenvalue weighted by Gasteiger charge is 2.25. The third-order valence-corrected chi connectivity index (χ3v) is 4.34. The molecule has 3 rings (SSSR count). The van der Waals surface area contributed by atoms with Crippen LogP contribution in [0, 0.1) is 13.8 Å². The Labute approximate surface area is 142 Å². The van der Waals surface area contributed by atoms with Gasteiger partial charge in [0.25, 0.3) is 11.8 Å². The Kier molecular flexibility index (Phi) is 4.65. The minimum absolute atomic E-state index is 0.0362. The number of carbonyl (C=O) groups excluding carboxylic acids is 2. The van der Waals surface area contributed by atoms with Crippen LogP contribution in [0.25, 0.3) is 0 Å². The van der Waals surface area contributed by atoms with Crippen molar-refractivity contribution < 1.29 is 9.59 Å². The molecule has 0 atom stereocenters. The Morgan fingerprint density at radius 1 is 0.708 bits per heavy atom. The van der Waals surface area contributed by atoms with Gasteiger partial charge in [0, 0.05) is 37.3 Å². The molecule has 0 aromatic heterocycles. The Morgan fingerprint density at radius 3 is 1.67 bits per heavy atom. The topological polar surface area (TPSA) is 40.6 Å². The van der Waals surface area contributed by atoms with Crippen LogP contribution in [-0.4, -0.2) is 47.8 Å². The first-order valence-electron chi connectivity index (χ1n) is 8.26. The van der Waals surface area contributed by atoms with E-state index in [1.54, 1.807) is 0 Å². The number of nitrogens with zero attached hydrogens (tertiary/aromatic N) is 2. The summed E-state index contributed by atoms with van der Waals surface area (Å²) in [6.07, 6.45) is 0. The van der Waals surface area contributed by atoms with Crippen LogP contribution in [0.15, 0.2) is 48.5 Å². The van der Waals surface area contributed by atoms with Crippen LogP contribution in [0.2, 0.25) is 0 Å². The molecule has 2 amide bonds. The summed E-state index contributed by atoms with van der Waals surface area (Å²) in [4.78, 5) is 28.8.